The van der Waals surface area contributed by atoms with Gasteiger partial charge in [-0.2, -0.15) is 0 Å². The van der Waals surface area contributed by atoms with Crippen molar-refractivity contribution >= 4 is 27.5 Å². The highest BCUT2D eigenvalue weighted by molar-refractivity contribution is 9.09. The molecule has 114 valence electrons. The van der Waals surface area contributed by atoms with Crippen LogP contribution in [0, 0.1) is 0 Å². The molecule has 0 radical (unpaired) electrons. The average molecular weight is 360 g/mol. The van der Waals surface area contributed by atoms with Gasteiger partial charge in [0.15, 0.2) is 0 Å². The highest BCUT2D eigenvalue weighted by Crippen LogP contribution is 2.30. The molecule has 0 saturated heterocycles. The van der Waals surface area contributed by atoms with Crippen LogP contribution in [0.2, 0.25) is 5.02 Å². The maximum absolute atomic E-state index is 6.29. The van der Waals surface area contributed by atoms with Crippen LogP contribution < -0.4 is 0 Å². The lowest BCUT2D eigenvalue weighted by atomic mass is 9.94. The Morgan fingerprint density at radius 1 is 0.950 bits per heavy atom. The molecule has 0 aliphatic rings. The predicted molar refractivity (Wildman–Crippen MR) is 95.2 cm³/mol. The molecular formula is C18H28BrCl. The summed E-state index contributed by atoms with van der Waals surface area (Å²) in [5.74, 6) is 0.559. The van der Waals surface area contributed by atoms with E-state index in [2.05, 4.69) is 35.0 Å². The van der Waals surface area contributed by atoms with E-state index < -0.39 is 0 Å². The normalized spacial score (nSPS) is 12.6. The van der Waals surface area contributed by atoms with Crippen molar-refractivity contribution in [2.45, 2.75) is 70.6 Å². The lowest BCUT2D eigenvalue weighted by Crippen LogP contribution is -2.01. The molecular weight excluding hydrogens is 332 g/mol. The number of rotatable bonds is 11. The molecule has 1 atom stereocenters. The average Bonchev–Trinajstić information content (AvgIpc) is 2.47. The largest absolute Gasteiger partial charge is 0.0921 e. The first kappa shape index (κ1) is 18.0. The molecule has 0 heterocycles. The van der Waals surface area contributed by atoms with Crippen molar-refractivity contribution < 1.29 is 0 Å². The van der Waals surface area contributed by atoms with Crippen LogP contribution in [0.5, 0.6) is 0 Å². The minimum absolute atomic E-state index is 0.559. The fraction of sp³-hybridized carbons (Fsp3) is 0.667. The third-order valence-electron chi connectivity index (χ3n) is 3.94. The topological polar surface area (TPSA) is 0 Å². The van der Waals surface area contributed by atoms with Gasteiger partial charge in [-0.3, -0.25) is 0 Å². The van der Waals surface area contributed by atoms with E-state index in [0.29, 0.717) is 5.92 Å². The zero-order valence-corrected chi connectivity index (χ0v) is 15.1. The maximum atomic E-state index is 6.29. The van der Waals surface area contributed by atoms with Crippen LogP contribution in [-0.4, -0.2) is 5.33 Å². The van der Waals surface area contributed by atoms with Gasteiger partial charge in [-0.05, 0) is 24.0 Å². The predicted octanol–water partition coefficient (Wildman–Crippen LogP) is 7.35. The van der Waals surface area contributed by atoms with Crippen LogP contribution >= 0.6 is 27.5 Å². The van der Waals surface area contributed by atoms with E-state index in [-0.39, 0.29) is 0 Å². The zero-order valence-electron chi connectivity index (χ0n) is 12.7. The highest BCUT2D eigenvalue weighted by atomic mass is 79.9. The Morgan fingerprint density at radius 2 is 1.55 bits per heavy atom. The monoisotopic (exact) mass is 358 g/mol. The standard InChI is InChI=1S/C18H28BrCl/c1-2-3-4-5-6-7-8-9-12-16(15-19)17-13-10-11-14-18(17)20/h10-11,13-14,16H,2-9,12,15H2,1H3. The number of hydrogen-bond acceptors (Lipinski definition) is 0. The molecule has 1 rings (SSSR count). The molecule has 1 unspecified atom stereocenters. The molecule has 0 spiro atoms. The van der Waals surface area contributed by atoms with Crippen LogP contribution in [0.1, 0.15) is 76.2 Å². The molecule has 1 aromatic carbocycles. The van der Waals surface area contributed by atoms with E-state index in [1.165, 1.54) is 63.4 Å². The summed E-state index contributed by atoms with van der Waals surface area (Å²) in [7, 11) is 0. The second kappa shape index (κ2) is 11.6. The molecule has 0 saturated carbocycles. The third kappa shape index (κ3) is 7.13. The number of benzene rings is 1. The van der Waals surface area contributed by atoms with E-state index in [9.17, 15) is 0 Å². The van der Waals surface area contributed by atoms with E-state index in [0.717, 1.165) is 10.4 Å². The molecule has 0 amide bonds. The maximum Gasteiger partial charge on any atom is 0.0441 e. The van der Waals surface area contributed by atoms with Gasteiger partial charge in [0.1, 0.15) is 0 Å². The summed E-state index contributed by atoms with van der Waals surface area (Å²) in [5.41, 5.74) is 1.30. The Balaban J connectivity index is 2.18. The zero-order chi connectivity index (χ0) is 14.6. The van der Waals surface area contributed by atoms with Crippen molar-refractivity contribution in [3.05, 3.63) is 34.9 Å². The quantitative estimate of drug-likeness (QED) is 0.286. The Hall–Kier alpha value is -0.0100. The summed E-state index contributed by atoms with van der Waals surface area (Å²) < 4.78 is 0. The Labute approximate surface area is 138 Å². The van der Waals surface area contributed by atoms with Crippen molar-refractivity contribution in [2.75, 3.05) is 5.33 Å². The van der Waals surface area contributed by atoms with Crippen molar-refractivity contribution in [3.63, 3.8) is 0 Å². The fourth-order valence-corrected chi connectivity index (χ4v) is 3.61. The van der Waals surface area contributed by atoms with Crippen LogP contribution in [0.25, 0.3) is 0 Å². The van der Waals surface area contributed by atoms with E-state index in [1.54, 1.807) is 0 Å². The SMILES string of the molecule is CCCCCCCCCCC(CBr)c1ccccc1Cl. The molecule has 0 bridgehead atoms. The number of unbranched alkanes of at least 4 members (excludes halogenated alkanes) is 7. The fourth-order valence-electron chi connectivity index (χ4n) is 2.65. The minimum Gasteiger partial charge on any atom is -0.0921 e. The van der Waals surface area contributed by atoms with Crippen LogP contribution in [0.15, 0.2) is 24.3 Å². The highest BCUT2D eigenvalue weighted by Gasteiger charge is 2.12. The minimum atomic E-state index is 0.559. The Morgan fingerprint density at radius 3 is 2.15 bits per heavy atom. The van der Waals surface area contributed by atoms with Crippen LogP contribution in [0.4, 0.5) is 0 Å². The Bertz CT molecular complexity index is 351. The second-order valence-corrected chi connectivity index (χ2v) is 6.69. The lowest BCUT2D eigenvalue weighted by Gasteiger charge is -2.15. The summed E-state index contributed by atoms with van der Waals surface area (Å²) in [5, 5.41) is 1.92. The van der Waals surface area contributed by atoms with Crippen molar-refractivity contribution in [3.8, 4) is 0 Å². The Kier molecular flexibility index (Phi) is 10.5. The van der Waals surface area contributed by atoms with E-state index >= 15 is 0 Å². The summed E-state index contributed by atoms with van der Waals surface area (Å²) >= 11 is 9.93. The van der Waals surface area contributed by atoms with Gasteiger partial charge in [0, 0.05) is 10.4 Å². The summed E-state index contributed by atoms with van der Waals surface area (Å²) in [4.78, 5) is 0. The number of halogens is 2. The van der Waals surface area contributed by atoms with Gasteiger partial charge in [0.2, 0.25) is 0 Å². The molecule has 0 N–H and O–H groups in total. The molecule has 2 heteroatoms. The van der Waals surface area contributed by atoms with Crippen molar-refractivity contribution in [2.24, 2.45) is 0 Å². The molecule has 1 aromatic rings. The van der Waals surface area contributed by atoms with Crippen molar-refractivity contribution in [1.82, 2.24) is 0 Å². The summed E-state index contributed by atoms with van der Waals surface area (Å²) in [6, 6.07) is 8.26. The first-order valence-electron chi connectivity index (χ1n) is 8.10. The van der Waals surface area contributed by atoms with Gasteiger partial charge in [0.05, 0.1) is 0 Å². The summed E-state index contributed by atoms with van der Waals surface area (Å²) in [6.45, 7) is 2.27. The molecule has 0 aliphatic carbocycles. The first-order chi connectivity index (χ1) is 9.79. The second-order valence-electron chi connectivity index (χ2n) is 5.64. The molecule has 0 aliphatic heterocycles. The van der Waals surface area contributed by atoms with Gasteiger partial charge in [-0.1, -0.05) is 104 Å². The summed E-state index contributed by atoms with van der Waals surface area (Å²) in [6.07, 6.45) is 12.3. The number of alkyl halides is 1. The molecule has 0 fully saturated rings. The van der Waals surface area contributed by atoms with Crippen LogP contribution in [0.3, 0.4) is 0 Å². The van der Waals surface area contributed by atoms with Gasteiger partial charge in [-0.25, -0.2) is 0 Å². The van der Waals surface area contributed by atoms with Gasteiger partial charge >= 0.3 is 0 Å². The lowest BCUT2D eigenvalue weighted by molar-refractivity contribution is 0.546. The van der Waals surface area contributed by atoms with E-state index in [1.807, 2.05) is 12.1 Å². The first-order valence-corrected chi connectivity index (χ1v) is 9.60. The van der Waals surface area contributed by atoms with Crippen molar-refractivity contribution in [1.29, 1.82) is 0 Å². The molecule has 20 heavy (non-hydrogen) atoms. The third-order valence-corrected chi connectivity index (χ3v) is 5.06. The smallest absolute Gasteiger partial charge is 0.0441 e. The number of hydrogen-bond donors (Lipinski definition) is 0. The van der Waals surface area contributed by atoms with Gasteiger partial charge in [0.25, 0.3) is 0 Å². The van der Waals surface area contributed by atoms with Gasteiger partial charge in [-0.15, -0.1) is 0 Å². The molecule has 0 aromatic heterocycles. The van der Waals surface area contributed by atoms with Gasteiger partial charge < -0.3 is 0 Å². The molecule has 0 nitrogen and oxygen atoms in total. The van der Waals surface area contributed by atoms with E-state index in [4.69, 9.17) is 11.6 Å². The van der Waals surface area contributed by atoms with Crippen LogP contribution in [-0.2, 0) is 0 Å².